The van der Waals surface area contributed by atoms with Crippen molar-refractivity contribution in [3.8, 4) is 11.4 Å². The van der Waals surface area contributed by atoms with Gasteiger partial charge < -0.3 is 4.57 Å². The van der Waals surface area contributed by atoms with Crippen LogP contribution in [0.3, 0.4) is 0 Å². The quantitative estimate of drug-likeness (QED) is 0.565. The molecule has 0 amide bonds. The molecule has 4 aromatic rings. The molecule has 0 spiro atoms. The third-order valence-corrected chi connectivity index (χ3v) is 4.19. The molecular formula is C18H18FN7. The first kappa shape index (κ1) is 16.3. The maximum absolute atomic E-state index is 13.7. The maximum Gasteiger partial charge on any atom is 0.164 e. The van der Waals surface area contributed by atoms with E-state index in [0.29, 0.717) is 23.4 Å². The molecule has 4 rings (SSSR count). The number of nitrogens with zero attached hydrogens (tertiary/aromatic N) is 7. The predicted molar refractivity (Wildman–Crippen MR) is 94.9 cm³/mol. The average Bonchev–Trinajstić information content (AvgIpc) is 3.19. The Morgan fingerprint density at radius 2 is 1.96 bits per heavy atom. The van der Waals surface area contributed by atoms with Crippen molar-refractivity contribution in [1.29, 1.82) is 0 Å². The lowest BCUT2D eigenvalue weighted by Crippen LogP contribution is -2.05. The Labute approximate surface area is 149 Å². The van der Waals surface area contributed by atoms with Crippen LogP contribution in [0.4, 0.5) is 4.39 Å². The smallest absolute Gasteiger partial charge is 0.164 e. The second-order valence-corrected chi connectivity index (χ2v) is 6.19. The van der Waals surface area contributed by atoms with Crippen LogP contribution >= 0.6 is 0 Å². The van der Waals surface area contributed by atoms with Crippen molar-refractivity contribution < 1.29 is 4.39 Å². The van der Waals surface area contributed by atoms with E-state index in [-0.39, 0.29) is 0 Å². The molecule has 0 saturated carbocycles. The normalized spacial score (nSPS) is 11.4. The van der Waals surface area contributed by atoms with Crippen LogP contribution in [0.2, 0.25) is 0 Å². The van der Waals surface area contributed by atoms with Gasteiger partial charge >= 0.3 is 0 Å². The Morgan fingerprint density at radius 3 is 2.65 bits per heavy atom. The highest BCUT2D eigenvalue weighted by Gasteiger charge is 2.18. The third-order valence-electron chi connectivity index (χ3n) is 4.19. The Balaban J connectivity index is 1.97. The molecule has 0 atom stereocenters. The number of rotatable bonds is 4. The van der Waals surface area contributed by atoms with Crippen molar-refractivity contribution in [2.45, 2.75) is 26.8 Å². The number of aryl methyl sites for hydroxylation is 3. The van der Waals surface area contributed by atoms with Crippen LogP contribution < -0.4 is 0 Å². The molecule has 0 N–H and O–H groups in total. The molecule has 0 aromatic carbocycles. The summed E-state index contributed by atoms with van der Waals surface area (Å²) < 4.78 is 17.4. The monoisotopic (exact) mass is 351 g/mol. The Bertz CT molecular complexity index is 1100. The zero-order valence-electron chi connectivity index (χ0n) is 14.8. The van der Waals surface area contributed by atoms with Crippen LogP contribution in [-0.2, 0) is 20.0 Å². The minimum atomic E-state index is -0.403. The van der Waals surface area contributed by atoms with Crippen LogP contribution in [0.1, 0.15) is 24.0 Å². The second kappa shape index (κ2) is 6.29. The fourth-order valence-corrected chi connectivity index (χ4v) is 2.99. The summed E-state index contributed by atoms with van der Waals surface area (Å²) in [5.41, 5.74) is 3.86. The van der Waals surface area contributed by atoms with Crippen molar-refractivity contribution in [1.82, 2.24) is 34.3 Å². The van der Waals surface area contributed by atoms with E-state index in [0.717, 1.165) is 29.1 Å². The average molecular weight is 351 g/mol. The van der Waals surface area contributed by atoms with E-state index < -0.39 is 5.82 Å². The molecular weight excluding hydrogens is 333 g/mol. The van der Waals surface area contributed by atoms with E-state index in [4.69, 9.17) is 4.98 Å². The van der Waals surface area contributed by atoms with Crippen LogP contribution in [-0.4, -0.2) is 34.3 Å². The number of pyridine rings is 1. The zero-order chi connectivity index (χ0) is 18.3. The molecule has 0 bridgehead atoms. The summed E-state index contributed by atoms with van der Waals surface area (Å²) in [5, 5.41) is 4.22. The van der Waals surface area contributed by atoms with Crippen molar-refractivity contribution in [2.75, 3.05) is 0 Å². The van der Waals surface area contributed by atoms with Crippen LogP contribution in [0, 0.1) is 12.7 Å². The highest BCUT2D eigenvalue weighted by atomic mass is 19.1. The fraction of sp³-hybridized carbons (Fsp3) is 0.278. The first-order chi connectivity index (χ1) is 12.5. The third kappa shape index (κ3) is 2.83. The maximum atomic E-state index is 13.7. The molecule has 0 fully saturated rings. The van der Waals surface area contributed by atoms with Gasteiger partial charge in [0.25, 0.3) is 0 Å². The lowest BCUT2D eigenvalue weighted by Gasteiger charge is -2.08. The standard InChI is InChI=1S/C18H18FN7/c1-4-15-22-11(2)16-18(23-15)26(10-12-6-21-25(3)9-12)17(24-16)13-5-14(19)8-20-7-13/h5-9H,4,10H2,1-3H3. The largest absolute Gasteiger partial charge is 0.304 e. The number of fused-ring (bicyclic) bond motifs is 1. The summed E-state index contributed by atoms with van der Waals surface area (Å²) in [6, 6.07) is 1.43. The van der Waals surface area contributed by atoms with E-state index in [1.165, 1.54) is 12.3 Å². The Hall–Kier alpha value is -3.16. The van der Waals surface area contributed by atoms with Crippen molar-refractivity contribution in [3.63, 3.8) is 0 Å². The van der Waals surface area contributed by atoms with E-state index in [9.17, 15) is 4.39 Å². The molecule has 132 valence electrons. The minimum Gasteiger partial charge on any atom is -0.304 e. The molecule has 7 nitrogen and oxygen atoms in total. The zero-order valence-corrected chi connectivity index (χ0v) is 14.8. The van der Waals surface area contributed by atoms with E-state index in [2.05, 4.69) is 20.1 Å². The molecule has 0 aliphatic rings. The fourth-order valence-electron chi connectivity index (χ4n) is 2.99. The number of hydrogen-bond acceptors (Lipinski definition) is 5. The number of hydrogen-bond donors (Lipinski definition) is 0. The number of imidazole rings is 1. The van der Waals surface area contributed by atoms with Gasteiger partial charge in [0.05, 0.1) is 24.6 Å². The molecule has 0 unspecified atom stereocenters. The summed E-state index contributed by atoms with van der Waals surface area (Å²) in [4.78, 5) is 17.8. The van der Waals surface area contributed by atoms with E-state index in [1.807, 2.05) is 31.7 Å². The Morgan fingerprint density at radius 1 is 1.12 bits per heavy atom. The molecule has 8 heteroatoms. The highest BCUT2D eigenvalue weighted by Crippen LogP contribution is 2.26. The van der Waals surface area contributed by atoms with Crippen LogP contribution in [0.5, 0.6) is 0 Å². The number of halogens is 1. The van der Waals surface area contributed by atoms with Crippen LogP contribution in [0.25, 0.3) is 22.6 Å². The minimum absolute atomic E-state index is 0.403. The van der Waals surface area contributed by atoms with Crippen molar-refractivity contribution in [2.24, 2.45) is 7.05 Å². The van der Waals surface area contributed by atoms with Gasteiger partial charge in [0.15, 0.2) is 5.65 Å². The van der Waals surface area contributed by atoms with Gasteiger partial charge in [-0.2, -0.15) is 5.10 Å². The Kier molecular flexibility index (Phi) is 3.95. The van der Waals surface area contributed by atoms with Crippen molar-refractivity contribution >= 4 is 11.2 Å². The SMILES string of the molecule is CCc1nc(C)c2nc(-c3cncc(F)c3)n(Cc3cnn(C)c3)c2n1. The summed E-state index contributed by atoms with van der Waals surface area (Å²) in [5.74, 6) is 0.965. The molecule has 0 radical (unpaired) electrons. The van der Waals surface area contributed by atoms with Gasteiger partial charge in [0, 0.05) is 37.0 Å². The predicted octanol–water partition coefficient (Wildman–Crippen LogP) is 2.68. The van der Waals surface area contributed by atoms with Crippen LogP contribution in [0.15, 0.2) is 30.9 Å². The van der Waals surface area contributed by atoms with E-state index >= 15 is 0 Å². The molecule has 0 aliphatic heterocycles. The molecule has 0 aliphatic carbocycles. The topological polar surface area (TPSA) is 74.3 Å². The summed E-state index contributed by atoms with van der Waals surface area (Å²) >= 11 is 0. The first-order valence-electron chi connectivity index (χ1n) is 8.37. The number of aromatic nitrogens is 7. The highest BCUT2D eigenvalue weighted by molar-refractivity contribution is 5.79. The van der Waals surface area contributed by atoms with Gasteiger partial charge in [0.1, 0.15) is 23.0 Å². The summed E-state index contributed by atoms with van der Waals surface area (Å²) in [6.45, 7) is 4.45. The van der Waals surface area contributed by atoms with Gasteiger partial charge in [-0.15, -0.1) is 0 Å². The molecule has 0 saturated heterocycles. The van der Waals surface area contributed by atoms with Gasteiger partial charge in [-0.3, -0.25) is 9.67 Å². The van der Waals surface area contributed by atoms with Gasteiger partial charge in [0.2, 0.25) is 0 Å². The lowest BCUT2D eigenvalue weighted by molar-refractivity contribution is 0.621. The van der Waals surface area contributed by atoms with E-state index in [1.54, 1.807) is 17.1 Å². The van der Waals surface area contributed by atoms with Gasteiger partial charge in [-0.05, 0) is 13.0 Å². The molecule has 4 heterocycles. The summed E-state index contributed by atoms with van der Waals surface area (Å²) in [7, 11) is 1.87. The summed E-state index contributed by atoms with van der Waals surface area (Å²) in [6.07, 6.45) is 7.25. The second-order valence-electron chi connectivity index (χ2n) is 6.19. The van der Waals surface area contributed by atoms with Gasteiger partial charge in [-0.25, -0.2) is 19.3 Å². The van der Waals surface area contributed by atoms with Gasteiger partial charge in [-0.1, -0.05) is 6.92 Å². The molecule has 4 aromatic heterocycles. The molecule has 26 heavy (non-hydrogen) atoms. The first-order valence-corrected chi connectivity index (χ1v) is 8.37. The van der Waals surface area contributed by atoms with Crippen molar-refractivity contribution in [3.05, 3.63) is 53.8 Å². The lowest BCUT2D eigenvalue weighted by atomic mass is 10.2.